The molecule has 5 nitrogen and oxygen atoms in total. The lowest BCUT2D eigenvalue weighted by Gasteiger charge is -2.18. The van der Waals surface area contributed by atoms with Crippen molar-refractivity contribution in [2.45, 2.75) is 33.2 Å². The molecule has 0 saturated carbocycles. The van der Waals surface area contributed by atoms with Crippen LogP contribution in [-0.2, 0) is 11.3 Å². The topological polar surface area (TPSA) is 47.4 Å². The van der Waals surface area contributed by atoms with Gasteiger partial charge in [0, 0.05) is 26.6 Å². The van der Waals surface area contributed by atoms with E-state index in [-0.39, 0.29) is 5.91 Å². The highest BCUT2D eigenvalue weighted by atomic mass is 16.5. The van der Waals surface area contributed by atoms with E-state index in [1.165, 1.54) is 5.56 Å². The van der Waals surface area contributed by atoms with Crippen molar-refractivity contribution in [1.82, 2.24) is 14.5 Å². The largest absolute Gasteiger partial charge is 0.493 e. The zero-order chi connectivity index (χ0) is 19.2. The number of aryl methyl sites for hydroxylation is 3. The fourth-order valence-corrected chi connectivity index (χ4v) is 3.07. The third-order valence-corrected chi connectivity index (χ3v) is 4.76. The average molecular weight is 365 g/mol. The molecule has 1 amide bonds. The summed E-state index contributed by atoms with van der Waals surface area (Å²) >= 11 is 0. The highest BCUT2D eigenvalue weighted by Gasteiger charge is 2.10. The number of carbonyl (C=O) groups excluding carboxylic acids is 1. The van der Waals surface area contributed by atoms with E-state index in [0.29, 0.717) is 26.1 Å². The Morgan fingerprint density at radius 3 is 2.85 bits per heavy atom. The number of rotatable bonds is 8. The van der Waals surface area contributed by atoms with E-state index in [4.69, 9.17) is 4.74 Å². The predicted molar refractivity (Wildman–Crippen MR) is 108 cm³/mol. The van der Waals surface area contributed by atoms with Gasteiger partial charge in [-0.25, -0.2) is 4.98 Å². The number of aromatic nitrogens is 2. The molecule has 142 valence electrons. The number of ether oxygens (including phenoxy) is 1. The fourth-order valence-electron chi connectivity index (χ4n) is 3.07. The third kappa shape index (κ3) is 4.88. The van der Waals surface area contributed by atoms with Gasteiger partial charge in [0.25, 0.3) is 0 Å². The fraction of sp³-hybridized carbons (Fsp3) is 0.364. The Hall–Kier alpha value is -2.82. The molecule has 0 fully saturated rings. The number of benzene rings is 2. The van der Waals surface area contributed by atoms with E-state index in [1.54, 1.807) is 11.2 Å². The third-order valence-electron chi connectivity index (χ3n) is 4.76. The highest BCUT2D eigenvalue weighted by Crippen LogP contribution is 2.19. The number of amides is 1. The minimum Gasteiger partial charge on any atom is -0.493 e. The first-order chi connectivity index (χ1) is 13.0. The van der Waals surface area contributed by atoms with Crippen molar-refractivity contribution < 1.29 is 9.53 Å². The lowest BCUT2D eigenvalue weighted by Crippen LogP contribution is -2.29. The van der Waals surface area contributed by atoms with Gasteiger partial charge in [-0.15, -0.1) is 0 Å². The van der Waals surface area contributed by atoms with Gasteiger partial charge in [0.05, 0.1) is 24.0 Å². The molecule has 0 spiro atoms. The molecule has 0 unspecified atom stereocenters. The summed E-state index contributed by atoms with van der Waals surface area (Å²) in [7, 11) is 1.85. The smallest absolute Gasteiger partial charge is 0.224 e. The first-order valence-corrected chi connectivity index (χ1v) is 9.38. The first kappa shape index (κ1) is 19.0. The van der Waals surface area contributed by atoms with Crippen LogP contribution in [0.15, 0.2) is 48.8 Å². The van der Waals surface area contributed by atoms with Crippen LogP contribution in [0.5, 0.6) is 5.75 Å². The van der Waals surface area contributed by atoms with Crippen LogP contribution in [0.2, 0.25) is 0 Å². The maximum Gasteiger partial charge on any atom is 0.224 e. The van der Waals surface area contributed by atoms with E-state index in [1.807, 2.05) is 42.8 Å². The molecule has 5 heteroatoms. The molecule has 0 N–H and O–H groups in total. The molecule has 3 aromatic rings. The number of fused-ring (bicyclic) bond motifs is 1. The van der Waals surface area contributed by atoms with Crippen LogP contribution in [0.25, 0.3) is 11.0 Å². The first-order valence-electron chi connectivity index (χ1n) is 9.38. The van der Waals surface area contributed by atoms with Crippen LogP contribution < -0.4 is 4.74 Å². The molecule has 0 atom stereocenters. The van der Waals surface area contributed by atoms with Gasteiger partial charge in [0.1, 0.15) is 5.75 Å². The number of carbonyl (C=O) groups is 1. The molecule has 1 heterocycles. The summed E-state index contributed by atoms with van der Waals surface area (Å²) in [5.74, 6) is 1.07. The second-order valence-electron chi connectivity index (χ2n) is 6.96. The van der Waals surface area contributed by atoms with Gasteiger partial charge in [0.15, 0.2) is 0 Å². The maximum atomic E-state index is 12.4. The Morgan fingerprint density at radius 1 is 1.19 bits per heavy atom. The van der Waals surface area contributed by atoms with Gasteiger partial charge >= 0.3 is 0 Å². The second kappa shape index (κ2) is 8.71. The SMILES string of the molecule is Cc1ccc(C)c(OCCCN(C)C(=O)CCn2cnc3ccccc32)c1. The van der Waals surface area contributed by atoms with Crippen molar-refractivity contribution >= 4 is 16.9 Å². The molecular formula is C22H27N3O2. The normalized spacial score (nSPS) is 10.9. The number of imidazole rings is 1. The quantitative estimate of drug-likeness (QED) is 0.568. The zero-order valence-corrected chi connectivity index (χ0v) is 16.3. The monoisotopic (exact) mass is 365 g/mol. The van der Waals surface area contributed by atoms with Crippen molar-refractivity contribution in [3.63, 3.8) is 0 Å². The number of hydrogen-bond donors (Lipinski definition) is 0. The number of hydrogen-bond acceptors (Lipinski definition) is 3. The van der Waals surface area contributed by atoms with Gasteiger partial charge < -0.3 is 14.2 Å². The molecular weight excluding hydrogens is 338 g/mol. The minimum atomic E-state index is 0.138. The lowest BCUT2D eigenvalue weighted by atomic mass is 10.1. The Labute approximate surface area is 160 Å². The minimum absolute atomic E-state index is 0.138. The molecule has 0 saturated heterocycles. The maximum absolute atomic E-state index is 12.4. The van der Waals surface area contributed by atoms with E-state index < -0.39 is 0 Å². The summed E-state index contributed by atoms with van der Waals surface area (Å²) in [5, 5.41) is 0. The molecule has 1 aromatic heterocycles. The van der Waals surface area contributed by atoms with Crippen molar-refractivity contribution in [2.24, 2.45) is 0 Å². The second-order valence-corrected chi connectivity index (χ2v) is 6.96. The molecule has 3 rings (SSSR count). The molecule has 0 radical (unpaired) electrons. The van der Waals surface area contributed by atoms with Gasteiger partial charge in [-0.2, -0.15) is 0 Å². The molecule has 0 aliphatic carbocycles. The summed E-state index contributed by atoms with van der Waals surface area (Å²) < 4.78 is 7.90. The summed E-state index contributed by atoms with van der Waals surface area (Å²) in [6.07, 6.45) is 3.08. The van der Waals surface area contributed by atoms with Gasteiger partial charge in [-0.05, 0) is 49.6 Å². The molecule has 0 aliphatic rings. The Bertz CT molecular complexity index is 917. The van der Waals surface area contributed by atoms with Gasteiger partial charge in [-0.3, -0.25) is 4.79 Å². The number of para-hydroxylation sites is 2. The Kier molecular flexibility index (Phi) is 6.12. The van der Waals surface area contributed by atoms with Gasteiger partial charge in [0.2, 0.25) is 5.91 Å². The number of nitrogens with zero attached hydrogens (tertiary/aromatic N) is 3. The zero-order valence-electron chi connectivity index (χ0n) is 16.3. The van der Waals surface area contributed by atoms with Crippen LogP contribution in [0.3, 0.4) is 0 Å². The lowest BCUT2D eigenvalue weighted by molar-refractivity contribution is -0.130. The highest BCUT2D eigenvalue weighted by molar-refractivity contribution is 5.77. The standard InChI is InChI=1S/C22H27N3O2/c1-17-9-10-18(2)21(15-17)27-14-6-12-24(3)22(26)11-13-25-16-23-19-7-4-5-8-20(19)25/h4-5,7-10,15-16H,6,11-14H2,1-3H3. The molecule has 0 bridgehead atoms. The molecule has 0 aliphatic heterocycles. The Morgan fingerprint density at radius 2 is 2.00 bits per heavy atom. The van der Waals surface area contributed by atoms with E-state index in [2.05, 4.69) is 30.1 Å². The van der Waals surface area contributed by atoms with Crippen LogP contribution in [0.1, 0.15) is 24.0 Å². The van der Waals surface area contributed by atoms with Crippen LogP contribution in [0, 0.1) is 13.8 Å². The summed E-state index contributed by atoms with van der Waals surface area (Å²) in [4.78, 5) is 18.5. The molecule has 27 heavy (non-hydrogen) atoms. The van der Waals surface area contributed by atoms with E-state index in [9.17, 15) is 4.79 Å². The van der Waals surface area contributed by atoms with Crippen molar-refractivity contribution in [3.05, 3.63) is 59.9 Å². The van der Waals surface area contributed by atoms with Crippen LogP contribution in [-0.4, -0.2) is 40.6 Å². The van der Waals surface area contributed by atoms with E-state index >= 15 is 0 Å². The predicted octanol–water partition coefficient (Wildman–Crippen LogP) is 3.97. The molecule has 2 aromatic carbocycles. The summed E-state index contributed by atoms with van der Waals surface area (Å²) in [5.41, 5.74) is 4.35. The van der Waals surface area contributed by atoms with Crippen molar-refractivity contribution in [1.29, 1.82) is 0 Å². The van der Waals surface area contributed by atoms with Crippen molar-refractivity contribution in [2.75, 3.05) is 20.2 Å². The van der Waals surface area contributed by atoms with E-state index in [0.717, 1.165) is 28.8 Å². The van der Waals surface area contributed by atoms with Gasteiger partial charge in [-0.1, -0.05) is 24.3 Å². The van der Waals surface area contributed by atoms with Crippen LogP contribution >= 0.6 is 0 Å². The van der Waals surface area contributed by atoms with Crippen LogP contribution in [0.4, 0.5) is 0 Å². The Balaban J connectivity index is 1.42. The summed E-state index contributed by atoms with van der Waals surface area (Å²) in [6.45, 7) is 6.04. The average Bonchev–Trinajstić information content (AvgIpc) is 3.09. The summed E-state index contributed by atoms with van der Waals surface area (Å²) in [6, 6.07) is 14.2. The van der Waals surface area contributed by atoms with Crippen molar-refractivity contribution in [3.8, 4) is 5.75 Å².